The van der Waals surface area contributed by atoms with E-state index in [1.165, 1.54) is 17.4 Å². The number of carboxylic acid groups (broad SMARTS) is 1. The van der Waals surface area contributed by atoms with Gasteiger partial charge in [-0.05, 0) is 42.3 Å². The Kier molecular flexibility index (Phi) is 4.04. The van der Waals surface area contributed by atoms with Crippen molar-refractivity contribution in [3.8, 4) is 0 Å². The minimum atomic E-state index is -1.01. The Bertz CT molecular complexity index is 521. The van der Waals surface area contributed by atoms with Crippen molar-refractivity contribution in [3.05, 3.63) is 28.0 Å². The lowest BCUT2D eigenvalue weighted by Crippen LogP contribution is -2.33. The summed E-state index contributed by atoms with van der Waals surface area (Å²) in [5, 5.41) is 10.5. The normalized spacial score (nSPS) is 23.2. The summed E-state index contributed by atoms with van der Waals surface area (Å²) in [5.74, 6) is -0.471. The second-order valence-electron chi connectivity index (χ2n) is 5.02. The first-order valence-corrected chi connectivity index (χ1v) is 7.16. The molecule has 2 rings (SSSR count). The zero-order valence-electron chi connectivity index (χ0n) is 11.0. The summed E-state index contributed by atoms with van der Waals surface area (Å²) in [5.41, 5.74) is 0.684. The molecule has 1 aliphatic heterocycles. The van der Waals surface area contributed by atoms with Gasteiger partial charge >= 0.3 is 5.97 Å². The fourth-order valence-electron chi connectivity index (χ4n) is 2.50. The third-order valence-electron chi connectivity index (χ3n) is 3.34. The number of rotatable bonds is 3. The number of carboxylic acids is 1. The maximum absolute atomic E-state index is 12.5. The molecule has 5 heteroatoms. The van der Waals surface area contributed by atoms with Gasteiger partial charge in [-0.3, -0.25) is 4.79 Å². The van der Waals surface area contributed by atoms with Gasteiger partial charge in [0.15, 0.2) is 0 Å². The van der Waals surface area contributed by atoms with E-state index < -0.39 is 5.97 Å². The molecule has 2 atom stereocenters. The van der Waals surface area contributed by atoms with Gasteiger partial charge in [-0.1, -0.05) is 6.92 Å². The minimum Gasteiger partial charge on any atom is -0.478 e. The van der Waals surface area contributed by atoms with Crippen LogP contribution in [0.4, 0.5) is 0 Å². The standard InChI is InChI=1S/C14H17NO3S/c1-9-7-10(2)15(8-9)14(18)13-11(5-6-19-13)3-4-12(16)17/h3-6,9-10H,7-8H2,1-2H3,(H,16,17)/b4-3+. The fourth-order valence-corrected chi connectivity index (χ4v) is 3.34. The Labute approximate surface area is 116 Å². The van der Waals surface area contributed by atoms with Crippen molar-refractivity contribution >= 4 is 29.3 Å². The van der Waals surface area contributed by atoms with E-state index in [0.29, 0.717) is 16.4 Å². The summed E-state index contributed by atoms with van der Waals surface area (Å²) in [6, 6.07) is 2.03. The SMILES string of the molecule is CC1CC(C)N(C(=O)c2sccc2/C=C/C(=O)O)C1. The zero-order chi connectivity index (χ0) is 14.0. The molecule has 102 valence electrons. The molecule has 1 saturated heterocycles. The Morgan fingerprint density at radius 3 is 2.79 bits per heavy atom. The van der Waals surface area contributed by atoms with Crippen molar-refractivity contribution < 1.29 is 14.7 Å². The van der Waals surface area contributed by atoms with Crippen molar-refractivity contribution in [2.24, 2.45) is 5.92 Å². The van der Waals surface area contributed by atoms with E-state index in [0.717, 1.165) is 19.0 Å². The molecule has 1 N–H and O–H groups in total. The second kappa shape index (κ2) is 5.57. The summed E-state index contributed by atoms with van der Waals surface area (Å²) >= 11 is 1.36. The van der Waals surface area contributed by atoms with Crippen LogP contribution in [-0.2, 0) is 4.79 Å². The number of amides is 1. The van der Waals surface area contributed by atoms with Gasteiger partial charge in [-0.2, -0.15) is 0 Å². The summed E-state index contributed by atoms with van der Waals surface area (Å²) in [4.78, 5) is 25.5. The quantitative estimate of drug-likeness (QED) is 0.865. The average molecular weight is 279 g/mol. The molecule has 0 radical (unpaired) electrons. The van der Waals surface area contributed by atoms with Crippen LogP contribution in [0.3, 0.4) is 0 Å². The second-order valence-corrected chi connectivity index (χ2v) is 5.94. The average Bonchev–Trinajstić information content (AvgIpc) is 2.92. The van der Waals surface area contributed by atoms with E-state index in [2.05, 4.69) is 13.8 Å². The Hall–Kier alpha value is -1.62. The van der Waals surface area contributed by atoms with Gasteiger partial charge in [0.2, 0.25) is 0 Å². The molecule has 1 aliphatic rings. The van der Waals surface area contributed by atoms with Crippen molar-refractivity contribution in [1.82, 2.24) is 4.90 Å². The Morgan fingerprint density at radius 1 is 1.47 bits per heavy atom. The molecule has 1 amide bonds. The van der Waals surface area contributed by atoms with Crippen LogP contribution >= 0.6 is 11.3 Å². The van der Waals surface area contributed by atoms with Gasteiger partial charge in [0.05, 0.1) is 4.88 Å². The van der Waals surface area contributed by atoms with Gasteiger partial charge in [0, 0.05) is 18.7 Å². The van der Waals surface area contributed by atoms with Crippen molar-refractivity contribution in [2.75, 3.05) is 6.54 Å². The highest BCUT2D eigenvalue weighted by Crippen LogP contribution is 2.27. The van der Waals surface area contributed by atoms with Crippen molar-refractivity contribution in [1.29, 1.82) is 0 Å². The summed E-state index contributed by atoms with van der Waals surface area (Å²) in [7, 11) is 0. The molecule has 0 aliphatic carbocycles. The molecule has 1 aromatic rings. The van der Waals surface area contributed by atoms with Crippen LogP contribution in [0, 0.1) is 5.92 Å². The monoisotopic (exact) mass is 279 g/mol. The predicted octanol–water partition coefficient (Wildman–Crippen LogP) is 2.72. The number of hydrogen-bond donors (Lipinski definition) is 1. The molecular formula is C14H17NO3S. The highest BCUT2D eigenvalue weighted by Gasteiger charge is 2.31. The van der Waals surface area contributed by atoms with Gasteiger partial charge in [-0.15, -0.1) is 11.3 Å². The number of aliphatic carboxylic acids is 1. The Balaban J connectivity index is 2.20. The van der Waals surface area contributed by atoms with Crippen LogP contribution in [0.15, 0.2) is 17.5 Å². The number of hydrogen-bond acceptors (Lipinski definition) is 3. The van der Waals surface area contributed by atoms with Crippen LogP contribution in [0.1, 0.15) is 35.5 Å². The maximum atomic E-state index is 12.5. The van der Waals surface area contributed by atoms with Crippen molar-refractivity contribution in [3.63, 3.8) is 0 Å². The highest BCUT2D eigenvalue weighted by atomic mass is 32.1. The third-order valence-corrected chi connectivity index (χ3v) is 4.26. The largest absolute Gasteiger partial charge is 0.478 e. The predicted molar refractivity (Wildman–Crippen MR) is 75.3 cm³/mol. The number of carbonyl (C=O) groups is 2. The van der Waals surface area contributed by atoms with Crippen molar-refractivity contribution in [2.45, 2.75) is 26.3 Å². The lowest BCUT2D eigenvalue weighted by Gasteiger charge is -2.21. The number of likely N-dealkylation sites (tertiary alicyclic amines) is 1. The van der Waals surface area contributed by atoms with E-state index in [1.807, 2.05) is 10.3 Å². The third kappa shape index (κ3) is 3.04. The first-order valence-electron chi connectivity index (χ1n) is 6.28. The van der Waals surface area contributed by atoms with E-state index in [9.17, 15) is 9.59 Å². The summed E-state index contributed by atoms with van der Waals surface area (Å²) < 4.78 is 0. The molecule has 0 bridgehead atoms. The minimum absolute atomic E-state index is 0.0110. The van der Waals surface area contributed by atoms with Crippen LogP contribution in [0.2, 0.25) is 0 Å². The van der Waals surface area contributed by atoms with Crippen LogP contribution in [-0.4, -0.2) is 34.5 Å². The lowest BCUT2D eigenvalue weighted by atomic mass is 10.1. The fraction of sp³-hybridized carbons (Fsp3) is 0.429. The molecule has 4 nitrogen and oxygen atoms in total. The molecule has 1 fully saturated rings. The maximum Gasteiger partial charge on any atom is 0.328 e. The summed E-state index contributed by atoms with van der Waals surface area (Å²) in [6.07, 6.45) is 3.57. The Morgan fingerprint density at radius 2 is 2.21 bits per heavy atom. The van der Waals surface area contributed by atoms with E-state index >= 15 is 0 Å². The molecule has 0 spiro atoms. The van der Waals surface area contributed by atoms with Gasteiger partial charge in [0.1, 0.15) is 0 Å². The highest BCUT2D eigenvalue weighted by molar-refractivity contribution is 7.12. The lowest BCUT2D eigenvalue weighted by molar-refractivity contribution is -0.131. The molecule has 0 aromatic carbocycles. The first-order chi connectivity index (χ1) is 8.99. The molecule has 19 heavy (non-hydrogen) atoms. The van der Waals surface area contributed by atoms with Gasteiger partial charge in [0.25, 0.3) is 5.91 Å². The van der Waals surface area contributed by atoms with Gasteiger partial charge in [-0.25, -0.2) is 4.79 Å². The van der Waals surface area contributed by atoms with E-state index in [4.69, 9.17) is 5.11 Å². The first kappa shape index (κ1) is 13.8. The molecule has 2 unspecified atom stereocenters. The zero-order valence-corrected chi connectivity index (χ0v) is 11.8. The number of nitrogens with zero attached hydrogens (tertiary/aromatic N) is 1. The number of carbonyl (C=O) groups excluding carboxylic acids is 1. The smallest absolute Gasteiger partial charge is 0.328 e. The van der Waals surface area contributed by atoms with Gasteiger partial charge < -0.3 is 10.0 Å². The molecule has 2 heterocycles. The van der Waals surface area contributed by atoms with E-state index in [1.54, 1.807) is 6.07 Å². The molecule has 1 aromatic heterocycles. The van der Waals surface area contributed by atoms with Crippen LogP contribution < -0.4 is 0 Å². The molecular weight excluding hydrogens is 262 g/mol. The van der Waals surface area contributed by atoms with Crippen LogP contribution in [0.25, 0.3) is 6.08 Å². The molecule has 0 saturated carbocycles. The van der Waals surface area contributed by atoms with E-state index in [-0.39, 0.29) is 11.9 Å². The topological polar surface area (TPSA) is 57.6 Å². The summed E-state index contributed by atoms with van der Waals surface area (Å²) in [6.45, 7) is 4.98. The number of thiophene rings is 1. The van der Waals surface area contributed by atoms with Crippen LogP contribution in [0.5, 0.6) is 0 Å².